The number of halogens is 6. The van der Waals surface area contributed by atoms with Crippen molar-refractivity contribution in [1.29, 1.82) is 0 Å². The first-order valence-corrected chi connectivity index (χ1v) is 12.0. The van der Waals surface area contributed by atoms with Crippen molar-refractivity contribution >= 4 is 40.7 Å². The van der Waals surface area contributed by atoms with E-state index in [1.807, 2.05) is 6.07 Å². The third-order valence-corrected chi connectivity index (χ3v) is 6.50. The number of nitrogens with zero attached hydrogens (tertiary/aromatic N) is 3. The Morgan fingerprint density at radius 2 is 1.53 bits per heavy atom. The lowest BCUT2D eigenvalue weighted by Crippen LogP contribution is -2.34. The average Bonchev–Trinajstić information content (AvgIpc) is 3.30. The Labute approximate surface area is 220 Å². The Hall–Kier alpha value is -3.00. The molecule has 0 bridgehead atoms. The van der Waals surface area contributed by atoms with Crippen LogP contribution in [-0.2, 0) is 19.1 Å². The molecule has 4 rings (SSSR count). The molecule has 0 N–H and O–H groups in total. The van der Waals surface area contributed by atoms with Crippen LogP contribution < -0.4 is 0 Å². The molecule has 0 aliphatic carbocycles. The molecular weight excluding hydrogens is 534 g/mol. The highest BCUT2D eigenvalue weighted by Crippen LogP contribution is 2.35. The summed E-state index contributed by atoms with van der Waals surface area (Å²) in [7, 11) is 0. The fraction of sp³-hybridized carbons (Fsp3) is 0.154. The van der Waals surface area contributed by atoms with Crippen LogP contribution in [0.4, 0.5) is 13.2 Å². The monoisotopic (exact) mass is 551 g/mol. The second-order valence-electron chi connectivity index (χ2n) is 7.96. The second-order valence-corrected chi connectivity index (χ2v) is 9.21. The molecule has 0 fully saturated rings. The first-order chi connectivity index (χ1) is 17.1. The lowest BCUT2D eigenvalue weighted by Gasteiger charge is -2.24. The summed E-state index contributed by atoms with van der Waals surface area (Å²) in [5.74, 6) is -0.811. The van der Waals surface area contributed by atoms with Gasteiger partial charge in [-0.2, -0.15) is 18.3 Å². The summed E-state index contributed by atoms with van der Waals surface area (Å²) in [6.07, 6.45) is -3.64. The summed E-state index contributed by atoms with van der Waals surface area (Å²) in [6.45, 7) is 0.172. The molecule has 4 nitrogen and oxygen atoms in total. The Morgan fingerprint density at radius 3 is 2.14 bits per heavy atom. The van der Waals surface area contributed by atoms with E-state index in [1.54, 1.807) is 42.5 Å². The summed E-state index contributed by atoms with van der Waals surface area (Å²) in [6, 6.07) is 19.7. The van der Waals surface area contributed by atoms with E-state index in [2.05, 4.69) is 5.10 Å². The van der Waals surface area contributed by atoms with Crippen molar-refractivity contribution in [1.82, 2.24) is 14.7 Å². The van der Waals surface area contributed by atoms with Gasteiger partial charge in [0.15, 0.2) is 5.69 Å². The number of carbonyl (C=O) groups is 1. The van der Waals surface area contributed by atoms with E-state index in [0.29, 0.717) is 25.3 Å². The Balaban J connectivity index is 1.72. The molecule has 0 aliphatic rings. The molecule has 3 aromatic carbocycles. The minimum Gasteiger partial charge on any atom is -0.334 e. The minimum absolute atomic E-state index is 0.0839. The van der Waals surface area contributed by atoms with Gasteiger partial charge in [0, 0.05) is 28.2 Å². The highest BCUT2D eigenvalue weighted by molar-refractivity contribution is 6.36. The topological polar surface area (TPSA) is 38.1 Å². The molecule has 10 heteroatoms. The quantitative estimate of drug-likeness (QED) is 0.235. The smallest absolute Gasteiger partial charge is 0.334 e. The number of alkyl halides is 3. The molecule has 0 aliphatic heterocycles. The number of hydrogen-bond donors (Lipinski definition) is 0. The van der Waals surface area contributed by atoms with Crippen LogP contribution in [0.15, 0.2) is 79.0 Å². The van der Waals surface area contributed by atoms with Crippen molar-refractivity contribution in [3.8, 4) is 5.69 Å². The van der Waals surface area contributed by atoms with Gasteiger partial charge < -0.3 is 4.90 Å². The molecule has 1 heterocycles. The summed E-state index contributed by atoms with van der Waals surface area (Å²) >= 11 is 18.4. The summed E-state index contributed by atoms with van der Waals surface area (Å²) in [4.78, 5) is 14.9. The van der Waals surface area contributed by atoms with E-state index < -0.39 is 23.3 Å². The van der Waals surface area contributed by atoms with Crippen molar-refractivity contribution in [3.63, 3.8) is 0 Å². The van der Waals surface area contributed by atoms with Gasteiger partial charge in [-0.3, -0.25) is 4.79 Å². The number of carbonyl (C=O) groups excluding carboxylic acids is 1. The molecule has 36 heavy (non-hydrogen) atoms. The molecule has 0 saturated carbocycles. The van der Waals surface area contributed by atoms with Crippen LogP contribution in [0.2, 0.25) is 15.1 Å². The Morgan fingerprint density at radius 1 is 0.889 bits per heavy atom. The zero-order valence-corrected chi connectivity index (χ0v) is 20.9. The largest absolute Gasteiger partial charge is 0.434 e. The molecule has 0 spiro atoms. The van der Waals surface area contributed by atoms with Gasteiger partial charge in [-0.1, -0.05) is 71.2 Å². The molecule has 1 amide bonds. The normalized spacial score (nSPS) is 11.5. The standard InChI is InChI=1S/C26H19Cl3F3N3O/c27-18-9-11-19(12-10-18)35-24(26(30,31)32)21(15-33-35)25(36)34(16-17-5-2-1-3-6-17)14-13-20-22(28)7-4-8-23(20)29/h1-12,15H,13-14,16H2. The molecule has 1 aromatic heterocycles. The van der Waals surface area contributed by atoms with Gasteiger partial charge in [-0.05, 0) is 53.9 Å². The number of aromatic nitrogens is 2. The summed E-state index contributed by atoms with van der Waals surface area (Å²) in [5.41, 5.74) is -0.222. The SMILES string of the molecule is O=C(c1cnn(-c2ccc(Cl)cc2)c1C(F)(F)F)N(CCc1c(Cl)cccc1Cl)Cc1ccccc1. The van der Waals surface area contributed by atoms with Crippen molar-refractivity contribution < 1.29 is 18.0 Å². The lowest BCUT2D eigenvalue weighted by atomic mass is 10.1. The van der Waals surface area contributed by atoms with Gasteiger partial charge >= 0.3 is 6.18 Å². The fourth-order valence-electron chi connectivity index (χ4n) is 3.80. The summed E-state index contributed by atoms with van der Waals surface area (Å²) in [5, 5.41) is 5.10. The zero-order valence-electron chi connectivity index (χ0n) is 18.6. The van der Waals surface area contributed by atoms with Gasteiger partial charge in [0.2, 0.25) is 0 Å². The van der Waals surface area contributed by atoms with Gasteiger partial charge in [0.05, 0.1) is 17.4 Å². The first-order valence-electron chi connectivity index (χ1n) is 10.8. The lowest BCUT2D eigenvalue weighted by molar-refractivity contribution is -0.143. The third kappa shape index (κ3) is 5.86. The van der Waals surface area contributed by atoms with Crippen LogP contribution in [0.1, 0.15) is 27.2 Å². The zero-order chi connectivity index (χ0) is 25.9. The van der Waals surface area contributed by atoms with E-state index in [-0.39, 0.29) is 25.2 Å². The van der Waals surface area contributed by atoms with Gasteiger partial charge in [0.25, 0.3) is 5.91 Å². The van der Waals surface area contributed by atoms with Crippen molar-refractivity contribution in [2.24, 2.45) is 0 Å². The second kappa shape index (κ2) is 10.9. The Bertz CT molecular complexity index is 1340. The molecule has 0 atom stereocenters. The van der Waals surface area contributed by atoms with Crippen molar-refractivity contribution in [3.05, 3.63) is 116 Å². The predicted octanol–water partition coefficient (Wildman–Crippen LogP) is 7.74. The molecular formula is C26H19Cl3F3N3O. The number of rotatable bonds is 7. The summed E-state index contributed by atoms with van der Waals surface area (Å²) < 4.78 is 43.4. The maximum absolute atomic E-state index is 14.2. The van der Waals surface area contributed by atoms with Crippen LogP contribution in [0.5, 0.6) is 0 Å². The van der Waals surface area contributed by atoms with Gasteiger partial charge in [-0.25, -0.2) is 4.68 Å². The highest BCUT2D eigenvalue weighted by Gasteiger charge is 2.41. The van der Waals surface area contributed by atoms with Crippen LogP contribution >= 0.6 is 34.8 Å². The van der Waals surface area contributed by atoms with E-state index >= 15 is 0 Å². The van der Waals surface area contributed by atoms with Crippen LogP contribution in [0, 0.1) is 0 Å². The van der Waals surface area contributed by atoms with Gasteiger partial charge in [-0.15, -0.1) is 0 Å². The van der Waals surface area contributed by atoms with Crippen molar-refractivity contribution in [2.45, 2.75) is 19.1 Å². The van der Waals surface area contributed by atoms with E-state index in [9.17, 15) is 18.0 Å². The van der Waals surface area contributed by atoms with Crippen LogP contribution in [0.3, 0.4) is 0 Å². The molecule has 4 aromatic rings. The van der Waals surface area contributed by atoms with E-state index in [1.165, 1.54) is 29.2 Å². The predicted molar refractivity (Wildman–Crippen MR) is 135 cm³/mol. The molecule has 186 valence electrons. The van der Waals surface area contributed by atoms with Crippen LogP contribution in [0.25, 0.3) is 5.69 Å². The highest BCUT2D eigenvalue weighted by atomic mass is 35.5. The van der Waals surface area contributed by atoms with Crippen LogP contribution in [-0.4, -0.2) is 27.1 Å². The third-order valence-electron chi connectivity index (χ3n) is 5.54. The van der Waals surface area contributed by atoms with E-state index in [4.69, 9.17) is 34.8 Å². The minimum atomic E-state index is -4.84. The molecule has 0 unspecified atom stereocenters. The molecule has 0 radical (unpaired) electrons. The number of benzene rings is 3. The van der Waals surface area contributed by atoms with Crippen molar-refractivity contribution in [2.75, 3.05) is 6.54 Å². The average molecular weight is 553 g/mol. The maximum Gasteiger partial charge on any atom is 0.434 e. The fourth-order valence-corrected chi connectivity index (χ4v) is 4.51. The van der Waals surface area contributed by atoms with Gasteiger partial charge in [0.1, 0.15) is 0 Å². The Kier molecular flexibility index (Phi) is 7.93. The number of hydrogen-bond acceptors (Lipinski definition) is 2. The number of amides is 1. The molecule has 0 saturated heterocycles. The maximum atomic E-state index is 14.2. The first kappa shape index (κ1) is 26.1. The van der Waals surface area contributed by atoms with E-state index in [0.717, 1.165) is 11.8 Å².